The van der Waals surface area contributed by atoms with Gasteiger partial charge in [0.1, 0.15) is 12.0 Å². The molecule has 342 valence electrons. The van der Waals surface area contributed by atoms with Crippen LogP contribution >= 0.6 is 6.89 Å². The highest BCUT2D eigenvalue weighted by Gasteiger charge is 2.57. The van der Waals surface area contributed by atoms with Crippen molar-refractivity contribution in [2.75, 3.05) is 6.61 Å². The van der Waals surface area contributed by atoms with Gasteiger partial charge in [0.2, 0.25) is 5.91 Å². The van der Waals surface area contributed by atoms with Gasteiger partial charge in [-0.15, -0.1) is 0 Å². The first-order valence-electron chi connectivity index (χ1n) is 21.7. The summed E-state index contributed by atoms with van der Waals surface area (Å²) in [5, 5.41) is 13.2. The smallest absolute Gasteiger partial charge is 0.356 e. The average molecular weight is 927 g/mol. The second-order valence-corrected chi connectivity index (χ2v) is 25.9. The summed E-state index contributed by atoms with van der Waals surface area (Å²) < 4.78 is 17.9. The van der Waals surface area contributed by atoms with Gasteiger partial charge in [-0.05, 0) is 77.2 Å². The highest BCUT2D eigenvalue weighted by molar-refractivity contribution is 7.96. The zero-order valence-corrected chi connectivity index (χ0v) is 40.2. The number of likely N-dealkylation sites (tertiary alicyclic amines) is 1. The normalized spacial score (nSPS) is 15.5. The first-order chi connectivity index (χ1) is 31.3. The molecule has 1 aliphatic rings. The summed E-state index contributed by atoms with van der Waals surface area (Å²) in [5.74, 6) is -3.99. The first-order valence-corrected chi connectivity index (χ1v) is 26.4. The van der Waals surface area contributed by atoms with Gasteiger partial charge in [0.25, 0.3) is 5.69 Å². The molecule has 0 aromatic heterocycles. The van der Waals surface area contributed by atoms with Crippen LogP contribution < -0.4 is 15.9 Å². The average Bonchev–Trinajstić information content (AvgIpc) is 3.29. The number of ether oxygens (including phenoxy) is 2. The van der Waals surface area contributed by atoms with Crippen LogP contribution in [-0.2, 0) is 34.7 Å². The highest BCUT2D eigenvalue weighted by atomic mass is 31.2. The summed E-state index contributed by atoms with van der Waals surface area (Å²) >= 11 is 0. The number of non-ortho nitro benzene ring substituents is 1. The van der Waals surface area contributed by atoms with Gasteiger partial charge in [-0.1, -0.05) is 137 Å². The van der Waals surface area contributed by atoms with Crippen molar-refractivity contribution in [3.8, 4) is 0 Å². The van der Waals surface area contributed by atoms with E-state index < -0.39 is 56.1 Å². The third kappa shape index (κ3) is 10.1. The number of hydrogen-bond acceptors (Lipinski definition) is 10. The lowest BCUT2D eigenvalue weighted by Crippen LogP contribution is -2.69. The predicted octanol–water partition coefficient (Wildman–Crippen LogP) is 8.49. The van der Waals surface area contributed by atoms with Crippen LogP contribution in [0.2, 0.25) is 18.1 Å². The fourth-order valence-electron chi connectivity index (χ4n) is 8.09. The molecule has 0 saturated carbocycles. The number of hydrogen-bond donors (Lipinski definition) is 0. The molecule has 3 atom stereocenters. The van der Waals surface area contributed by atoms with Crippen LogP contribution in [0.3, 0.4) is 0 Å². The maximum Gasteiger partial charge on any atom is 0.356 e. The SMILES string of the molecule is C=CCOC(=O)C(N1C(=O)[C@H]([C@@H](C)O[Si](C)(C)C(C)(C)C)[C@H]1CC(=O)c1ccc(CC(=O)OC(=O)c2ccc([N+](=O)[O-])cc2)c(C)c1)=P(c1ccccc1)(c1ccccc1)c1ccccc1. The number of ketones is 1. The molecule has 6 rings (SSSR count). The largest absolute Gasteiger partial charge is 0.457 e. The second-order valence-electron chi connectivity index (χ2n) is 17.8. The number of benzene rings is 5. The highest BCUT2D eigenvalue weighted by Crippen LogP contribution is 2.51. The Morgan fingerprint density at radius 2 is 1.35 bits per heavy atom. The fraction of sp³-hybridized carbons (Fsp3) is 0.269. The lowest BCUT2D eigenvalue weighted by Gasteiger charge is -2.53. The van der Waals surface area contributed by atoms with Crippen molar-refractivity contribution in [2.45, 2.75) is 77.7 Å². The number of rotatable bonds is 17. The molecule has 12 nitrogen and oxygen atoms in total. The van der Waals surface area contributed by atoms with Crippen molar-refractivity contribution in [3.05, 3.63) is 178 Å². The molecule has 1 fully saturated rings. The third-order valence-corrected chi connectivity index (χ3v) is 21.3. The van der Waals surface area contributed by atoms with Crippen LogP contribution in [0, 0.1) is 23.0 Å². The molecular weight excluding hydrogens is 872 g/mol. The van der Waals surface area contributed by atoms with Gasteiger partial charge in [-0.25, -0.2) is 9.59 Å². The second kappa shape index (κ2) is 20.3. The van der Waals surface area contributed by atoms with Crippen LogP contribution in [0.25, 0.3) is 0 Å². The van der Waals surface area contributed by atoms with Crippen molar-refractivity contribution in [2.24, 2.45) is 5.92 Å². The number of esters is 3. The molecule has 66 heavy (non-hydrogen) atoms. The fourth-order valence-corrected chi connectivity index (χ4v) is 13.9. The number of Topliss-reactive ketones (excluding diaryl/α,β-unsaturated/α-hetero) is 1. The molecule has 5 aromatic rings. The van der Waals surface area contributed by atoms with Gasteiger partial charge in [0, 0.05) is 31.0 Å². The van der Waals surface area contributed by atoms with E-state index in [9.17, 15) is 24.5 Å². The van der Waals surface area contributed by atoms with Crippen molar-refractivity contribution in [1.29, 1.82) is 0 Å². The van der Waals surface area contributed by atoms with E-state index in [4.69, 9.17) is 13.9 Å². The molecule has 0 spiro atoms. The minimum Gasteiger partial charge on any atom is -0.457 e. The summed E-state index contributed by atoms with van der Waals surface area (Å²) in [6.45, 7) is 14.5. The van der Waals surface area contributed by atoms with Crippen LogP contribution in [0.4, 0.5) is 5.69 Å². The molecule has 0 aliphatic carbocycles. The number of carbonyl (C=O) groups is 5. The van der Waals surface area contributed by atoms with Gasteiger partial charge in [-0.2, -0.15) is 0 Å². The minimum absolute atomic E-state index is 0.0254. The van der Waals surface area contributed by atoms with E-state index in [1.807, 2.05) is 97.9 Å². The monoisotopic (exact) mass is 926 g/mol. The van der Waals surface area contributed by atoms with Crippen molar-refractivity contribution in [3.63, 3.8) is 0 Å². The Bertz CT molecular complexity index is 2600. The van der Waals surface area contributed by atoms with Gasteiger partial charge in [0.15, 0.2) is 14.1 Å². The zero-order chi connectivity index (χ0) is 48.0. The molecule has 0 N–H and O–H groups in total. The molecule has 1 saturated heterocycles. The number of β-lactam (4-membered cyclic amide) rings is 1. The maximum absolute atomic E-state index is 15.3. The van der Waals surface area contributed by atoms with E-state index in [2.05, 4.69) is 40.4 Å². The van der Waals surface area contributed by atoms with Crippen LogP contribution in [0.1, 0.15) is 66.0 Å². The Balaban J connectivity index is 1.45. The number of nitro benzene ring substituents is 1. The van der Waals surface area contributed by atoms with Crippen molar-refractivity contribution < 1.29 is 42.8 Å². The van der Waals surface area contributed by atoms with Crippen LogP contribution in [0.15, 0.2) is 146 Å². The Morgan fingerprint density at radius 3 is 1.82 bits per heavy atom. The van der Waals surface area contributed by atoms with E-state index in [-0.39, 0.29) is 52.8 Å². The number of aryl methyl sites for hydroxylation is 1. The van der Waals surface area contributed by atoms with Crippen LogP contribution in [0.5, 0.6) is 0 Å². The van der Waals surface area contributed by atoms with E-state index in [1.165, 1.54) is 23.1 Å². The number of amides is 1. The Kier molecular flexibility index (Phi) is 15.1. The van der Waals surface area contributed by atoms with E-state index in [0.29, 0.717) is 16.7 Å². The minimum atomic E-state index is -3.29. The van der Waals surface area contributed by atoms with Crippen LogP contribution in [-0.4, -0.2) is 71.9 Å². The van der Waals surface area contributed by atoms with Gasteiger partial charge >= 0.3 is 17.9 Å². The maximum atomic E-state index is 15.3. The quantitative estimate of drug-likeness (QED) is 0.0102. The molecule has 14 heteroatoms. The van der Waals surface area contributed by atoms with Crippen molar-refractivity contribution in [1.82, 2.24) is 4.90 Å². The lowest BCUT2D eigenvalue weighted by atomic mass is 9.79. The Morgan fingerprint density at radius 1 is 0.833 bits per heavy atom. The topological polar surface area (TPSA) is 159 Å². The zero-order valence-electron chi connectivity index (χ0n) is 38.3. The number of nitrogens with zero attached hydrogens (tertiary/aromatic N) is 2. The van der Waals surface area contributed by atoms with E-state index in [0.717, 1.165) is 28.0 Å². The standard InChI is InChI=1S/C52H55N2O10PSi/c1-9-31-62-51(59)49(65(41-19-13-10-14-20-41,42-21-15-11-16-22-42)43-23-17-12-18-24-43)53-44(47(48(53)57)36(3)64-66(7,8)52(4,5)6)34-45(55)39-26-25-38(35(2)32-39)33-46(56)63-50(58)37-27-29-40(30-28-37)54(60)61/h9-30,32,36,44,47H,1,31,33-34H2,2-8H3/t36-,44-,47-/m1/s1. The molecule has 0 bridgehead atoms. The first kappa shape index (κ1) is 48.9. The van der Waals surface area contributed by atoms with E-state index in [1.54, 1.807) is 25.1 Å². The summed E-state index contributed by atoms with van der Waals surface area (Å²) in [4.78, 5) is 82.6. The third-order valence-electron chi connectivity index (χ3n) is 12.5. The summed E-state index contributed by atoms with van der Waals surface area (Å²) in [7, 11) is -2.46. The molecule has 5 aromatic carbocycles. The summed E-state index contributed by atoms with van der Waals surface area (Å²) in [6.07, 6.45) is 0.384. The van der Waals surface area contributed by atoms with Gasteiger partial charge in [-0.3, -0.25) is 24.5 Å². The summed E-state index contributed by atoms with van der Waals surface area (Å²) in [5.41, 5.74) is 1.30. The molecular formula is C52H55N2O10PSi. The Hall–Kier alpha value is -6.53. The molecule has 0 unspecified atom stereocenters. The Labute approximate surface area is 386 Å². The van der Waals surface area contributed by atoms with Crippen molar-refractivity contribution >= 4 is 71.8 Å². The van der Waals surface area contributed by atoms with Gasteiger partial charge < -0.3 is 18.8 Å². The van der Waals surface area contributed by atoms with E-state index >= 15 is 9.59 Å². The van der Waals surface area contributed by atoms with Gasteiger partial charge in [0.05, 0.1) is 35.0 Å². The predicted molar refractivity (Wildman–Crippen MR) is 261 cm³/mol. The number of carbonyl (C=O) groups excluding carboxylic acids is 5. The molecule has 1 aliphatic heterocycles. The summed E-state index contributed by atoms with van der Waals surface area (Å²) in [6, 6.07) is 37.6. The molecule has 0 radical (unpaired) electrons. The molecule has 1 heterocycles. The molecule has 1 amide bonds. The lowest BCUT2D eigenvalue weighted by molar-refractivity contribution is -0.384. The number of nitro groups is 1.